The molecular weight excluding hydrogens is 114 g/mol. The van der Waals surface area contributed by atoms with Crippen molar-refractivity contribution in [1.29, 1.82) is 0 Å². The van der Waals surface area contributed by atoms with E-state index in [1.165, 1.54) is 0 Å². The smallest absolute Gasteiger partial charge is 0.0667 e. The molecule has 3 heteroatoms. The summed E-state index contributed by atoms with van der Waals surface area (Å²) < 4.78 is 0.514. The second kappa shape index (κ2) is 3.24. The van der Waals surface area contributed by atoms with Crippen molar-refractivity contribution in [3.05, 3.63) is 0 Å². The normalized spacial score (nSPS) is 10.3. The fraction of sp³-hybridized carbons (Fsp3) is 1.00. The lowest BCUT2D eigenvalue weighted by molar-refractivity contribution is -0.934. The lowest BCUT2D eigenvalue weighted by atomic mass is 10.7. The standard InChI is InChI=1S/C4H11NO.ClH/c1-5(2,3)4-6;/h4H2,1-3H3;1H. The van der Waals surface area contributed by atoms with E-state index in [-0.39, 0.29) is 19.1 Å². The van der Waals surface area contributed by atoms with Gasteiger partial charge in [0.15, 0.2) is 0 Å². The summed E-state index contributed by atoms with van der Waals surface area (Å²) in [4.78, 5) is 0. The molecule has 0 fully saturated rings. The summed E-state index contributed by atoms with van der Waals surface area (Å²) in [7, 11) is 5.60. The predicted molar refractivity (Wildman–Crippen MR) is 30.1 cm³/mol. The number of quaternary nitrogens is 1. The van der Waals surface area contributed by atoms with Gasteiger partial charge in [-0.3, -0.25) is 0 Å². The summed E-state index contributed by atoms with van der Waals surface area (Å²) in [6, 6.07) is 0. The van der Waals surface area contributed by atoms with E-state index in [1.54, 1.807) is 0 Å². The Morgan fingerprint density at radius 3 is 1.43 bits per heavy atom. The second-order valence-corrected chi connectivity index (χ2v) is 2.42. The summed E-state index contributed by atoms with van der Waals surface area (Å²) in [5.74, 6) is 0. The van der Waals surface area contributed by atoms with Crippen molar-refractivity contribution < 1.29 is 9.59 Å². The Balaban J connectivity index is 0. The maximum atomic E-state index is 9.92. The highest BCUT2D eigenvalue weighted by Crippen LogP contribution is 1.78. The van der Waals surface area contributed by atoms with Crippen molar-refractivity contribution in [2.45, 2.75) is 0 Å². The zero-order valence-electron chi connectivity index (χ0n) is 4.97. The topological polar surface area (TPSA) is 23.1 Å². The molecule has 0 radical (unpaired) electrons. The van der Waals surface area contributed by atoms with Crippen LogP contribution in [0.4, 0.5) is 0 Å². The number of nitrogens with zero attached hydrogens (tertiary/aromatic N) is 1. The van der Waals surface area contributed by atoms with Gasteiger partial charge in [0.2, 0.25) is 0 Å². The number of hydrogen-bond acceptors (Lipinski definition) is 1. The van der Waals surface area contributed by atoms with Crippen LogP contribution in [-0.4, -0.2) is 32.4 Å². The van der Waals surface area contributed by atoms with Gasteiger partial charge in [-0.15, -0.1) is 12.4 Å². The molecule has 0 aliphatic heterocycles. The van der Waals surface area contributed by atoms with Gasteiger partial charge in [0.25, 0.3) is 0 Å². The van der Waals surface area contributed by atoms with Crippen molar-refractivity contribution in [3.8, 4) is 0 Å². The zero-order chi connectivity index (χ0) is 5.21. The molecule has 0 aromatic rings. The van der Waals surface area contributed by atoms with E-state index >= 15 is 0 Å². The van der Waals surface area contributed by atoms with Crippen LogP contribution >= 0.6 is 12.4 Å². The molecule has 2 nitrogen and oxygen atoms in total. The van der Waals surface area contributed by atoms with Gasteiger partial charge < -0.3 is 9.59 Å². The van der Waals surface area contributed by atoms with Gasteiger partial charge >= 0.3 is 0 Å². The Morgan fingerprint density at radius 2 is 1.43 bits per heavy atom. The average Bonchev–Trinajstić information content (AvgIpc) is 1.35. The SMILES string of the molecule is C[N+](C)(C)C[O-].Cl. The van der Waals surface area contributed by atoms with Crippen LogP contribution < -0.4 is 5.11 Å². The molecule has 0 bridgehead atoms. The van der Waals surface area contributed by atoms with Crippen LogP contribution in [0.2, 0.25) is 0 Å². The first-order valence-electron chi connectivity index (χ1n) is 1.95. The Morgan fingerprint density at radius 1 is 1.29 bits per heavy atom. The fourth-order valence-corrected chi connectivity index (χ4v) is 0. The molecule has 0 amide bonds. The van der Waals surface area contributed by atoms with Crippen LogP contribution in [0, 0.1) is 0 Å². The molecule has 0 saturated carbocycles. The first-order chi connectivity index (χ1) is 2.56. The summed E-state index contributed by atoms with van der Waals surface area (Å²) in [5.41, 5.74) is 0. The Kier molecular flexibility index (Phi) is 4.75. The molecule has 0 unspecified atom stereocenters. The van der Waals surface area contributed by atoms with E-state index in [9.17, 15) is 5.11 Å². The summed E-state index contributed by atoms with van der Waals surface area (Å²) in [5, 5.41) is 9.92. The zero-order valence-corrected chi connectivity index (χ0v) is 5.79. The summed E-state index contributed by atoms with van der Waals surface area (Å²) in [6.45, 7) is -0.0417. The Hall–Kier alpha value is 0.210. The predicted octanol–water partition coefficient (Wildman–Crippen LogP) is -0.568. The van der Waals surface area contributed by atoms with Crippen molar-refractivity contribution in [3.63, 3.8) is 0 Å². The molecule has 0 aliphatic rings. The van der Waals surface area contributed by atoms with Gasteiger partial charge in [-0.1, -0.05) is 0 Å². The van der Waals surface area contributed by atoms with Gasteiger partial charge in [0.05, 0.1) is 21.1 Å². The third-order valence-corrected chi connectivity index (χ3v) is 0.387. The molecule has 0 aromatic carbocycles. The summed E-state index contributed by atoms with van der Waals surface area (Å²) in [6.07, 6.45) is 0. The largest absolute Gasteiger partial charge is 0.809 e. The molecule has 7 heavy (non-hydrogen) atoms. The first kappa shape index (κ1) is 10.2. The fourth-order valence-electron chi connectivity index (χ4n) is 0. The van der Waals surface area contributed by atoms with E-state index in [0.29, 0.717) is 4.48 Å². The molecular formula is C4H12ClNO. The average molecular weight is 126 g/mol. The van der Waals surface area contributed by atoms with E-state index in [0.717, 1.165) is 0 Å². The van der Waals surface area contributed by atoms with Crippen LogP contribution in [0.3, 0.4) is 0 Å². The number of halogens is 1. The lowest BCUT2D eigenvalue weighted by Crippen LogP contribution is -2.41. The van der Waals surface area contributed by atoms with E-state index < -0.39 is 0 Å². The van der Waals surface area contributed by atoms with Crippen LogP contribution in [-0.2, 0) is 0 Å². The number of hydrogen-bond donors (Lipinski definition) is 0. The minimum atomic E-state index is -0.0417. The molecule has 46 valence electrons. The lowest BCUT2D eigenvalue weighted by Gasteiger charge is -2.26. The molecule has 0 spiro atoms. The van der Waals surface area contributed by atoms with Crippen molar-refractivity contribution >= 4 is 12.4 Å². The number of rotatable bonds is 1. The van der Waals surface area contributed by atoms with Gasteiger partial charge in [0, 0.05) is 6.73 Å². The monoisotopic (exact) mass is 125 g/mol. The maximum Gasteiger partial charge on any atom is 0.0667 e. The molecule has 0 N–H and O–H groups in total. The highest BCUT2D eigenvalue weighted by atomic mass is 35.5. The third-order valence-electron chi connectivity index (χ3n) is 0.387. The van der Waals surface area contributed by atoms with E-state index in [4.69, 9.17) is 0 Å². The van der Waals surface area contributed by atoms with E-state index in [1.807, 2.05) is 21.1 Å². The highest BCUT2D eigenvalue weighted by molar-refractivity contribution is 5.85. The maximum absolute atomic E-state index is 9.92. The molecule has 0 saturated heterocycles. The third kappa shape index (κ3) is 10.7. The minimum Gasteiger partial charge on any atom is -0.809 e. The second-order valence-electron chi connectivity index (χ2n) is 2.42. The Labute approximate surface area is 50.8 Å². The van der Waals surface area contributed by atoms with Crippen LogP contribution in [0.25, 0.3) is 0 Å². The van der Waals surface area contributed by atoms with Crippen LogP contribution in [0.1, 0.15) is 0 Å². The molecule has 0 aromatic heterocycles. The van der Waals surface area contributed by atoms with Gasteiger partial charge in [-0.25, -0.2) is 0 Å². The van der Waals surface area contributed by atoms with Crippen LogP contribution in [0.15, 0.2) is 0 Å². The molecule has 0 rings (SSSR count). The molecule has 0 aliphatic carbocycles. The first-order valence-corrected chi connectivity index (χ1v) is 1.95. The minimum absolute atomic E-state index is 0. The van der Waals surface area contributed by atoms with E-state index in [2.05, 4.69) is 0 Å². The van der Waals surface area contributed by atoms with Crippen molar-refractivity contribution in [2.24, 2.45) is 0 Å². The van der Waals surface area contributed by atoms with Crippen molar-refractivity contribution in [2.75, 3.05) is 27.9 Å². The van der Waals surface area contributed by atoms with Crippen molar-refractivity contribution in [1.82, 2.24) is 0 Å². The Bertz CT molecular complexity index is 41.4. The molecule has 0 heterocycles. The summed E-state index contributed by atoms with van der Waals surface area (Å²) >= 11 is 0. The van der Waals surface area contributed by atoms with Gasteiger partial charge in [0.1, 0.15) is 0 Å². The highest BCUT2D eigenvalue weighted by Gasteiger charge is 1.92. The van der Waals surface area contributed by atoms with Gasteiger partial charge in [-0.2, -0.15) is 0 Å². The molecule has 0 atom stereocenters. The van der Waals surface area contributed by atoms with Gasteiger partial charge in [-0.05, 0) is 0 Å². The van der Waals surface area contributed by atoms with Crippen LogP contribution in [0.5, 0.6) is 0 Å². The quantitative estimate of drug-likeness (QED) is 0.340.